The number of esters is 1. The molecule has 2 aliphatic rings. The van der Waals surface area contributed by atoms with Crippen LogP contribution in [0.1, 0.15) is 19.8 Å². The first kappa shape index (κ1) is 9.93. The van der Waals surface area contributed by atoms with Crippen LogP contribution in [0.2, 0.25) is 0 Å². The third-order valence-electron chi connectivity index (χ3n) is 3.21. The molecule has 0 aromatic rings. The van der Waals surface area contributed by atoms with Gasteiger partial charge in [-0.2, -0.15) is 0 Å². The van der Waals surface area contributed by atoms with Crippen molar-refractivity contribution in [1.82, 2.24) is 4.90 Å². The van der Waals surface area contributed by atoms with Gasteiger partial charge in [-0.05, 0) is 26.3 Å². The van der Waals surface area contributed by atoms with E-state index in [1.807, 2.05) is 6.92 Å². The molecule has 0 radical (unpaired) electrons. The molecule has 2 aliphatic heterocycles. The van der Waals surface area contributed by atoms with E-state index < -0.39 is 0 Å². The lowest BCUT2D eigenvalue weighted by atomic mass is 9.98. The Bertz CT molecular complexity index is 231. The van der Waals surface area contributed by atoms with Crippen molar-refractivity contribution in [3.63, 3.8) is 0 Å². The molecular weight excluding hydrogens is 182 g/mol. The molecule has 2 saturated heterocycles. The molecule has 0 bridgehead atoms. The molecule has 4 heteroatoms. The Kier molecular flexibility index (Phi) is 2.74. The minimum Gasteiger partial charge on any atom is -0.466 e. The van der Waals surface area contributed by atoms with E-state index in [1.165, 1.54) is 0 Å². The van der Waals surface area contributed by atoms with Crippen molar-refractivity contribution in [3.8, 4) is 0 Å². The zero-order valence-corrected chi connectivity index (χ0v) is 8.48. The number of nitrogens with zero attached hydrogens (tertiary/aromatic N) is 1. The van der Waals surface area contributed by atoms with Gasteiger partial charge in [0.15, 0.2) is 0 Å². The Morgan fingerprint density at radius 3 is 3.14 bits per heavy atom. The van der Waals surface area contributed by atoms with Gasteiger partial charge in [0, 0.05) is 12.6 Å². The number of aliphatic hydroxyl groups is 1. The predicted molar refractivity (Wildman–Crippen MR) is 50.7 cm³/mol. The van der Waals surface area contributed by atoms with Gasteiger partial charge >= 0.3 is 5.97 Å². The average molecular weight is 199 g/mol. The molecule has 0 aliphatic carbocycles. The smallest absolute Gasteiger partial charge is 0.310 e. The lowest BCUT2D eigenvalue weighted by molar-refractivity contribution is -0.148. The van der Waals surface area contributed by atoms with Gasteiger partial charge in [0.1, 0.15) is 0 Å². The highest BCUT2D eigenvalue weighted by Crippen LogP contribution is 2.33. The number of ether oxygens (including phenoxy) is 1. The van der Waals surface area contributed by atoms with E-state index in [2.05, 4.69) is 4.90 Å². The summed E-state index contributed by atoms with van der Waals surface area (Å²) in [5.74, 6) is -0.0961. The topological polar surface area (TPSA) is 49.8 Å². The van der Waals surface area contributed by atoms with Crippen molar-refractivity contribution in [2.75, 3.05) is 19.7 Å². The summed E-state index contributed by atoms with van der Waals surface area (Å²) >= 11 is 0. The zero-order valence-electron chi connectivity index (χ0n) is 8.48. The zero-order chi connectivity index (χ0) is 10.1. The summed E-state index contributed by atoms with van der Waals surface area (Å²) in [5.41, 5.74) is 0. The summed E-state index contributed by atoms with van der Waals surface area (Å²) in [5, 5.41) is 9.47. The molecule has 14 heavy (non-hydrogen) atoms. The largest absolute Gasteiger partial charge is 0.466 e. The van der Waals surface area contributed by atoms with E-state index in [1.54, 1.807) is 0 Å². The first-order valence-electron chi connectivity index (χ1n) is 5.31. The van der Waals surface area contributed by atoms with Crippen LogP contribution < -0.4 is 0 Å². The van der Waals surface area contributed by atoms with E-state index in [0.717, 1.165) is 25.9 Å². The Balaban J connectivity index is 1.98. The van der Waals surface area contributed by atoms with Gasteiger partial charge in [0.05, 0.1) is 18.6 Å². The van der Waals surface area contributed by atoms with Gasteiger partial charge in [-0.1, -0.05) is 0 Å². The van der Waals surface area contributed by atoms with E-state index in [0.29, 0.717) is 6.61 Å². The maximum Gasteiger partial charge on any atom is 0.310 e. The van der Waals surface area contributed by atoms with Crippen molar-refractivity contribution in [2.45, 2.75) is 31.9 Å². The minimum absolute atomic E-state index is 0.00731. The molecule has 3 atom stereocenters. The van der Waals surface area contributed by atoms with Crippen molar-refractivity contribution in [3.05, 3.63) is 0 Å². The standard InChI is InChI=1S/C10H17NO3/c1-2-14-10(13)8-3-4-11-6-7(12)5-9(8)11/h7-9,12H,2-6H2,1H3/t7-,8-,9-/m1/s1. The fourth-order valence-electron chi connectivity index (χ4n) is 2.61. The summed E-state index contributed by atoms with van der Waals surface area (Å²) in [6.45, 7) is 3.92. The summed E-state index contributed by atoms with van der Waals surface area (Å²) in [7, 11) is 0. The van der Waals surface area contributed by atoms with Crippen LogP contribution in [-0.4, -0.2) is 47.8 Å². The van der Waals surface area contributed by atoms with Gasteiger partial charge in [0.2, 0.25) is 0 Å². The third kappa shape index (κ3) is 1.64. The number of fused-ring (bicyclic) bond motifs is 1. The molecule has 80 valence electrons. The number of aliphatic hydroxyl groups excluding tert-OH is 1. The van der Waals surface area contributed by atoms with E-state index in [4.69, 9.17) is 4.74 Å². The molecule has 0 saturated carbocycles. The van der Waals surface area contributed by atoms with Crippen LogP contribution in [0.5, 0.6) is 0 Å². The summed E-state index contributed by atoms with van der Waals surface area (Å²) < 4.78 is 5.02. The molecule has 2 rings (SSSR count). The second-order valence-corrected chi connectivity index (χ2v) is 4.10. The molecule has 0 aromatic carbocycles. The minimum atomic E-state index is -0.253. The van der Waals surface area contributed by atoms with E-state index in [-0.39, 0.29) is 24.0 Å². The van der Waals surface area contributed by atoms with Gasteiger partial charge in [-0.3, -0.25) is 9.69 Å². The molecule has 0 amide bonds. The fourth-order valence-corrected chi connectivity index (χ4v) is 2.61. The van der Waals surface area contributed by atoms with Gasteiger partial charge in [-0.25, -0.2) is 0 Å². The van der Waals surface area contributed by atoms with Crippen LogP contribution in [-0.2, 0) is 9.53 Å². The van der Waals surface area contributed by atoms with Crippen molar-refractivity contribution in [2.24, 2.45) is 5.92 Å². The average Bonchev–Trinajstić information content (AvgIpc) is 2.62. The van der Waals surface area contributed by atoms with Crippen LogP contribution in [0.15, 0.2) is 0 Å². The Morgan fingerprint density at radius 2 is 2.43 bits per heavy atom. The molecule has 1 N–H and O–H groups in total. The lowest BCUT2D eigenvalue weighted by Gasteiger charge is -2.18. The lowest BCUT2D eigenvalue weighted by Crippen LogP contribution is -2.31. The number of carbonyl (C=O) groups excluding carboxylic acids is 1. The molecule has 2 heterocycles. The fraction of sp³-hybridized carbons (Fsp3) is 0.900. The maximum atomic E-state index is 11.6. The quantitative estimate of drug-likeness (QED) is 0.636. The highest BCUT2D eigenvalue weighted by Gasteiger charge is 2.44. The molecule has 4 nitrogen and oxygen atoms in total. The SMILES string of the molecule is CCOC(=O)[C@@H]1CCN2C[C@H](O)C[C@H]12. The van der Waals surface area contributed by atoms with Crippen LogP contribution in [0.4, 0.5) is 0 Å². The van der Waals surface area contributed by atoms with Crippen molar-refractivity contribution < 1.29 is 14.6 Å². The highest BCUT2D eigenvalue weighted by molar-refractivity contribution is 5.73. The Labute approximate surface area is 83.8 Å². The predicted octanol–water partition coefficient (Wildman–Crippen LogP) is 0.00460. The Morgan fingerprint density at radius 1 is 1.64 bits per heavy atom. The summed E-state index contributed by atoms with van der Waals surface area (Å²) in [6.07, 6.45) is 1.36. The first-order valence-corrected chi connectivity index (χ1v) is 5.31. The van der Waals surface area contributed by atoms with Gasteiger partial charge in [0.25, 0.3) is 0 Å². The normalized spacial score (nSPS) is 37.1. The Hall–Kier alpha value is -0.610. The second-order valence-electron chi connectivity index (χ2n) is 4.10. The highest BCUT2D eigenvalue weighted by atomic mass is 16.5. The van der Waals surface area contributed by atoms with Crippen LogP contribution in [0.3, 0.4) is 0 Å². The first-order chi connectivity index (χ1) is 6.72. The van der Waals surface area contributed by atoms with Crippen LogP contribution >= 0.6 is 0 Å². The van der Waals surface area contributed by atoms with Gasteiger partial charge in [-0.15, -0.1) is 0 Å². The van der Waals surface area contributed by atoms with Crippen LogP contribution in [0.25, 0.3) is 0 Å². The molecule has 0 aromatic heterocycles. The molecule has 2 fully saturated rings. The van der Waals surface area contributed by atoms with Crippen LogP contribution in [0, 0.1) is 5.92 Å². The van der Waals surface area contributed by atoms with E-state index >= 15 is 0 Å². The van der Waals surface area contributed by atoms with E-state index in [9.17, 15) is 9.90 Å². The van der Waals surface area contributed by atoms with Crippen molar-refractivity contribution in [1.29, 1.82) is 0 Å². The van der Waals surface area contributed by atoms with Crippen molar-refractivity contribution >= 4 is 5.97 Å². The third-order valence-corrected chi connectivity index (χ3v) is 3.21. The molecule has 0 unspecified atom stereocenters. The monoisotopic (exact) mass is 199 g/mol. The number of rotatable bonds is 2. The number of hydrogen-bond acceptors (Lipinski definition) is 4. The number of carbonyl (C=O) groups is 1. The summed E-state index contributed by atoms with van der Waals surface area (Å²) in [4.78, 5) is 13.8. The second kappa shape index (κ2) is 3.87. The number of hydrogen-bond donors (Lipinski definition) is 1. The van der Waals surface area contributed by atoms with Gasteiger partial charge < -0.3 is 9.84 Å². The molecular formula is C10H17NO3. The summed E-state index contributed by atoms with van der Waals surface area (Å²) in [6, 6.07) is 0.226. The molecule has 0 spiro atoms. The maximum absolute atomic E-state index is 11.6.